The number of halogens is 2. The van der Waals surface area contributed by atoms with Crippen LogP contribution in [0.2, 0.25) is 10.0 Å². The van der Waals surface area contributed by atoms with Gasteiger partial charge in [0.2, 0.25) is 5.91 Å². The van der Waals surface area contributed by atoms with Crippen LogP contribution in [0.25, 0.3) is 5.57 Å². The van der Waals surface area contributed by atoms with Gasteiger partial charge in [0.25, 0.3) is 0 Å². The van der Waals surface area contributed by atoms with E-state index in [1.54, 1.807) is 20.3 Å². The van der Waals surface area contributed by atoms with Gasteiger partial charge >= 0.3 is 0 Å². The number of methoxy groups -OCH3 is 2. The molecule has 2 N–H and O–H groups in total. The van der Waals surface area contributed by atoms with Crippen molar-refractivity contribution in [3.05, 3.63) is 52.3 Å². The Labute approximate surface area is 258 Å². The Morgan fingerprint density at radius 3 is 2.50 bits per heavy atom. The number of ether oxygens (including phenoxy) is 3. The van der Waals surface area contributed by atoms with Crippen molar-refractivity contribution >= 4 is 40.6 Å². The summed E-state index contributed by atoms with van der Waals surface area (Å²) in [6.45, 7) is 13.7. The van der Waals surface area contributed by atoms with Crippen LogP contribution in [-0.2, 0) is 9.53 Å². The van der Waals surface area contributed by atoms with Crippen molar-refractivity contribution in [3.63, 3.8) is 0 Å². The number of piperazine rings is 1. The van der Waals surface area contributed by atoms with Crippen molar-refractivity contribution in [2.24, 2.45) is 4.99 Å². The summed E-state index contributed by atoms with van der Waals surface area (Å²) in [6.07, 6.45) is 6.86. The van der Waals surface area contributed by atoms with E-state index >= 15 is 0 Å². The minimum Gasteiger partial charge on any atom is -0.495 e. The molecule has 2 atom stereocenters. The van der Waals surface area contributed by atoms with Gasteiger partial charge in [-0.05, 0) is 44.0 Å². The molecule has 1 fully saturated rings. The summed E-state index contributed by atoms with van der Waals surface area (Å²) in [6, 6.07) is 1.80. The fraction of sp³-hybridized carbons (Fsp3) is 0.533. The van der Waals surface area contributed by atoms with E-state index in [1.807, 2.05) is 18.0 Å². The highest BCUT2D eigenvalue weighted by atomic mass is 35.5. The Bertz CT molecular complexity index is 1200. The van der Waals surface area contributed by atoms with Gasteiger partial charge in [-0.1, -0.05) is 29.8 Å². The summed E-state index contributed by atoms with van der Waals surface area (Å²) in [7, 11) is 3.15. The summed E-state index contributed by atoms with van der Waals surface area (Å²) in [4.78, 5) is 23.5. The first-order valence-corrected chi connectivity index (χ1v) is 15.1. The topological polar surface area (TPSA) is 90.9 Å². The third kappa shape index (κ3) is 7.53. The first kappa shape index (κ1) is 32.0. The minimum atomic E-state index is -0.177. The van der Waals surface area contributed by atoms with Gasteiger partial charge in [-0.2, -0.15) is 0 Å². The molecule has 3 aliphatic heterocycles. The third-order valence-corrected chi connectivity index (χ3v) is 8.36. The number of hydrogen-bond acceptors (Lipinski definition) is 9. The molecule has 0 aliphatic carbocycles. The molecule has 42 heavy (non-hydrogen) atoms. The second-order valence-electron chi connectivity index (χ2n) is 10.5. The number of hydrogen-bond donors (Lipinski definition) is 2. The zero-order valence-corrected chi connectivity index (χ0v) is 26.4. The third-order valence-electron chi connectivity index (χ3n) is 7.61. The number of rotatable bonds is 12. The van der Waals surface area contributed by atoms with E-state index in [2.05, 4.69) is 40.1 Å². The first-order valence-electron chi connectivity index (χ1n) is 14.4. The van der Waals surface area contributed by atoms with Crippen LogP contribution in [0, 0.1) is 0 Å². The minimum absolute atomic E-state index is 0.00444. The van der Waals surface area contributed by atoms with Crippen molar-refractivity contribution in [3.8, 4) is 11.5 Å². The molecule has 1 amide bonds. The molecule has 230 valence electrons. The maximum absolute atomic E-state index is 12.0. The standard InChI is InChI=1S/C30H42Cl2N6O4/c1-6-25(39)37-13-11-36(12-14-37)9-8-10-38-18-22(26-27(31)23(40-4)16-24(41-5)28(26)32)15-21-17-33-30(35-29(21)38)34-20(3)19-42-7-2/h6,16-18,20,29H,1,7-15,19H2,2-5H3,(H2,33,34,35)/t20?,29-/m0/s1. The number of carbonyl (C=O) groups is 1. The van der Waals surface area contributed by atoms with Crippen molar-refractivity contribution < 1.29 is 19.0 Å². The van der Waals surface area contributed by atoms with E-state index in [1.165, 1.54) is 6.08 Å². The lowest BCUT2D eigenvalue weighted by Gasteiger charge is -2.39. The van der Waals surface area contributed by atoms with E-state index in [9.17, 15) is 4.79 Å². The SMILES string of the molecule is C=CC(=O)N1CCN(CCCN2C=C(c3c(Cl)c(OC)cc(OC)c3Cl)CC3=CNC(NC(C)COCC)=N[C@H]32)CC1. The van der Waals surface area contributed by atoms with E-state index in [0.29, 0.717) is 65.8 Å². The molecule has 0 radical (unpaired) electrons. The lowest BCUT2D eigenvalue weighted by molar-refractivity contribution is -0.127. The van der Waals surface area contributed by atoms with Crippen molar-refractivity contribution in [1.29, 1.82) is 0 Å². The van der Waals surface area contributed by atoms with E-state index in [-0.39, 0.29) is 18.1 Å². The molecule has 1 aromatic carbocycles. The van der Waals surface area contributed by atoms with Crippen LogP contribution >= 0.6 is 23.2 Å². The van der Waals surface area contributed by atoms with Gasteiger partial charge in [-0.3, -0.25) is 9.69 Å². The van der Waals surface area contributed by atoms with Gasteiger partial charge in [0.15, 0.2) is 5.96 Å². The number of benzene rings is 1. The lowest BCUT2D eigenvalue weighted by atomic mass is 9.93. The van der Waals surface area contributed by atoms with Crippen molar-refractivity contribution in [1.82, 2.24) is 25.3 Å². The highest BCUT2D eigenvalue weighted by Gasteiger charge is 2.32. The monoisotopic (exact) mass is 620 g/mol. The lowest BCUT2D eigenvalue weighted by Crippen LogP contribution is -2.49. The van der Waals surface area contributed by atoms with Crippen LogP contribution < -0.4 is 20.1 Å². The number of amides is 1. The highest BCUT2D eigenvalue weighted by Crippen LogP contribution is 2.47. The van der Waals surface area contributed by atoms with Gasteiger partial charge < -0.3 is 34.6 Å². The first-order chi connectivity index (χ1) is 20.3. The normalized spacial score (nSPS) is 19.6. The number of fused-ring (bicyclic) bond motifs is 1. The second-order valence-corrected chi connectivity index (χ2v) is 11.3. The molecular weight excluding hydrogens is 579 g/mol. The maximum Gasteiger partial charge on any atom is 0.246 e. The van der Waals surface area contributed by atoms with Crippen molar-refractivity contribution in [2.45, 2.75) is 38.9 Å². The van der Waals surface area contributed by atoms with E-state index < -0.39 is 0 Å². The summed E-state index contributed by atoms with van der Waals surface area (Å²) in [5, 5.41) is 7.64. The Morgan fingerprint density at radius 1 is 1.19 bits per heavy atom. The molecule has 0 spiro atoms. The second kappa shape index (κ2) is 15.0. The molecule has 1 aromatic rings. The smallest absolute Gasteiger partial charge is 0.246 e. The molecule has 10 nitrogen and oxygen atoms in total. The van der Waals surface area contributed by atoms with Gasteiger partial charge in [0.1, 0.15) is 17.7 Å². The Morgan fingerprint density at radius 2 is 1.88 bits per heavy atom. The Hall–Kier alpha value is -2.92. The van der Waals surface area contributed by atoms with Gasteiger partial charge in [0, 0.05) is 75.8 Å². The molecule has 3 aliphatic rings. The molecule has 0 bridgehead atoms. The fourth-order valence-electron chi connectivity index (χ4n) is 5.40. The molecule has 0 saturated carbocycles. The summed E-state index contributed by atoms with van der Waals surface area (Å²) in [5.41, 5.74) is 2.75. The number of nitrogens with zero attached hydrogens (tertiary/aromatic N) is 4. The number of guanidine groups is 1. The quantitative estimate of drug-likeness (QED) is 0.339. The van der Waals surface area contributed by atoms with Gasteiger partial charge in [-0.25, -0.2) is 4.99 Å². The van der Waals surface area contributed by atoms with Gasteiger partial charge in [0.05, 0.1) is 30.9 Å². The van der Waals surface area contributed by atoms with Crippen LogP contribution in [0.15, 0.2) is 41.7 Å². The molecule has 1 unspecified atom stereocenters. The number of allylic oxidation sites excluding steroid dienone is 1. The zero-order valence-electron chi connectivity index (χ0n) is 24.9. The van der Waals surface area contributed by atoms with Crippen LogP contribution in [0.3, 0.4) is 0 Å². The van der Waals surface area contributed by atoms with Crippen LogP contribution in [0.5, 0.6) is 11.5 Å². The summed E-state index contributed by atoms with van der Waals surface area (Å²) < 4.78 is 16.6. The van der Waals surface area contributed by atoms with Crippen LogP contribution in [0.4, 0.5) is 0 Å². The highest BCUT2D eigenvalue weighted by molar-refractivity contribution is 6.39. The largest absolute Gasteiger partial charge is 0.495 e. The average molecular weight is 622 g/mol. The number of carbonyl (C=O) groups excluding carboxylic acids is 1. The van der Waals surface area contributed by atoms with Crippen LogP contribution in [-0.4, -0.2) is 105 Å². The molecule has 3 heterocycles. The number of nitrogens with one attached hydrogen (secondary N) is 2. The summed E-state index contributed by atoms with van der Waals surface area (Å²) >= 11 is 13.6. The van der Waals surface area contributed by atoms with E-state index in [0.717, 1.165) is 43.7 Å². The molecule has 4 rings (SSSR count). The van der Waals surface area contributed by atoms with Gasteiger partial charge in [-0.15, -0.1) is 0 Å². The average Bonchev–Trinajstić information content (AvgIpc) is 3.00. The van der Waals surface area contributed by atoms with E-state index in [4.69, 9.17) is 42.4 Å². The number of aliphatic imine (C=N–C) groups is 1. The zero-order chi connectivity index (χ0) is 30.2. The fourth-order valence-corrected chi connectivity index (χ4v) is 6.14. The Balaban J connectivity index is 1.56. The molecular formula is C30H42Cl2N6O4. The molecule has 1 saturated heterocycles. The van der Waals surface area contributed by atoms with Crippen LogP contribution in [0.1, 0.15) is 32.3 Å². The van der Waals surface area contributed by atoms with Crippen molar-refractivity contribution in [2.75, 3.05) is 66.7 Å². The predicted molar refractivity (Wildman–Crippen MR) is 168 cm³/mol. The Kier molecular flexibility index (Phi) is 11.4. The summed E-state index contributed by atoms with van der Waals surface area (Å²) in [5.74, 6) is 1.70. The predicted octanol–water partition coefficient (Wildman–Crippen LogP) is 3.96. The maximum atomic E-state index is 12.0. The molecule has 12 heteroatoms. The molecule has 0 aromatic heterocycles.